The Morgan fingerprint density at radius 3 is 3.06 bits per heavy atom. The molecule has 1 aromatic heterocycles. The van der Waals surface area contributed by atoms with E-state index in [9.17, 15) is 0 Å². The van der Waals surface area contributed by atoms with Crippen LogP contribution in [0.1, 0.15) is 45.5 Å². The summed E-state index contributed by atoms with van der Waals surface area (Å²) in [6, 6.07) is 0.249. The highest BCUT2D eigenvalue weighted by Crippen LogP contribution is 2.27. The summed E-state index contributed by atoms with van der Waals surface area (Å²) >= 11 is 0. The maximum atomic E-state index is 4.17. The molecule has 0 aromatic carbocycles. The van der Waals surface area contributed by atoms with Gasteiger partial charge in [-0.15, -0.1) is 0 Å². The third-order valence-corrected chi connectivity index (χ3v) is 3.44. The second-order valence-electron chi connectivity index (χ2n) is 5.30. The van der Waals surface area contributed by atoms with E-state index in [1.807, 2.05) is 0 Å². The number of rotatable bonds is 4. The van der Waals surface area contributed by atoms with Crippen LogP contribution in [0.25, 0.3) is 0 Å². The van der Waals surface area contributed by atoms with E-state index in [4.69, 9.17) is 0 Å². The van der Waals surface area contributed by atoms with Crippen LogP contribution in [0, 0.1) is 11.8 Å². The minimum absolute atomic E-state index is 0.249. The van der Waals surface area contributed by atoms with Crippen LogP contribution in [0.3, 0.4) is 0 Å². The third-order valence-electron chi connectivity index (χ3n) is 3.44. The number of nitrogens with zero attached hydrogens (tertiary/aromatic N) is 2. The van der Waals surface area contributed by atoms with E-state index in [0.29, 0.717) is 0 Å². The Kier molecular flexibility index (Phi) is 3.94. The Balaban J connectivity index is 1.81. The molecule has 0 amide bonds. The molecule has 0 saturated carbocycles. The molecule has 1 aliphatic rings. The van der Waals surface area contributed by atoms with Gasteiger partial charge >= 0.3 is 0 Å². The molecule has 1 aromatic rings. The lowest BCUT2D eigenvalue weighted by molar-refractivity contribution is 0.363. The van der Waals surface area contributed by atoms with Crippen LogP contribution in [0.2, 0.25) is 0 Å². The van der Waals surface area contributed by atoms with E-state index < -0.39 is 0 Å². The van der Waals surface area contributed by atoms with E-state index in [1.165, 1.54) is 18.4 Å². The molecule has 3 unspecified atom stereocenters. The molecule has 0 fully saturated rings. The van der Waals surface area contributed by atoms with E-state index >= 15 is 0 Å². The average molecular weight is 234 g/mol. The quantitative estimate of drug-likeness (QED) is 0.787. The fourth-order valence-electron chi connectivity index (χ4n) is 2.71. The largest absolute Gasteiger partial charge is 0.307 e. The van der Waals surface area contributed by atoms with Crippen molar-refractivity contribution in [2.45, 2.75) is 39.7 Å². The Bertz CT molecular complexity index is 369. The first-order valence-electron chi connectivity index (χ1n) is 6.41. The van der Waals surface area contributed by atoms with Crippen molar-refractivity contribution in [3.8, 4) is 0 Å². The molecule has 4 nitrogen and oxygen atoms in total. The van der Waals surface area contributed by atoms with Crippen LogP contribution < -0.4 is 5.32 Å². The van der Waals surface area contributed by atoms with Crippen molar-refractivity contribution in [3.63, 3.8) is 0 Å². The van der Waals surface area contributed by atoms with E-state index in [-0.39, 0.29) is 6.04 Å². The Labute approximate surface area is 103 Å². The van der Waals surface area contributed by atoms with Crippen LogP contribution in [-0.2, 0) is 0 Å². The summed E-state index contributed by atoms with van der Waals surface area (Å²) in [6.45, 7) is 7.71. The highest BCUT2D eigenvalue weighted by molar-refractivity contribution is 5.06. The first kappa shape index (κ1) is 12.3. The number of hydrogen-bond acceptors (Lipinski definition) is 3. The average Bonchev–Trinajstić information content (AvgIpc) is 2.78. The first-order valence-corrected chi connectivity index (χ1v) is 6.41. The zero-order valence-corrected chi connectivity index (χ0v) is 10.9. The van der Waals surface area contributed by atoms with Gasteiger partial charge in [0.15, 0.2) is 0 Å². The standard InChI is InChI=1S/C13H22N4/c1-9-4-10(2)6-12(5-9)7-14-11(3)13-15-8-16-17-13/h4,8-9,11-12,14H,5-7H2,1-3H3,(H,15,16,17). The molecule has 17 heavy (non-hydrogen) atoms. The van der Waals surface area contributed by atoms with Gasteiger partial charge in [0.2, 0.25) is 0 Å². The second kappa shape index (κ2) is 5.45. The Hall–Kier alpha value is -1.16. The molecule has 1 heterocycles. The third kappa shape index (κ3) is 3.40. The molecule has 0 bridgehead atoms. The predicted octanol–water partition coefficient (Wildman–Crippen LogP) is 2.45. The number of allylic oxidation sites excluding steroid dienone is 2. The van der Waals surface area contributed by atoms with E-state index in [2.05, 4.69) is 47.3 Å². The zero-order valence-electron chi connectivity index (χ0n) is 10.9. The first-order chi connectivity index (χ1) is 8.15. The van der Waals surface area contributed by atoms with Gasteiger partial charge in [0.05, 0.1) is 6.04 Å². The van der Waals surface area contributed by atoms with Crippen LogP contribution in [0.4, 0.5) is 0 Å². The van der Waals surface area contributed by atoms with Gasteiger partial charge in [0, 0.05) is 0 Å². The topological polar surface area (TPSA) is 53.6 Å². The maximum Gasteiger partial charge on any atom is 0.141 e. The molecule has 2 N–H and O–H groups in total. The SMILES string of the molecule is CC1=CC(C)CC(CNC(C)c2ncn[nH]2)C1. The van der Waals surface area contributed by atoms with E-state index in [1.54, 1.807) is 6.33 Å². The summed E-state index contributed by atoms with van der Waals surface area (Å²) in [7, 11) is 0. The number of aromatic nitrogens is 3. The van der Waals surface area contributed by atoms with Gasteiger partial charge in [-0.1, -0.05) is 18.6 Å². The zero-order chi connectivity index (χ0) is 12.3. The summed E-state index contributed by atoms with van der Waals surface area (Å²) < 4.78 is 0. The van der Waals surface area contributed by atoms with Crippen molar-refractivity contribution < 1.29 is 0 Å². The van der Waals surface area contributed by atoms with Crippen LogP contribution in [-0.4, -0.2) is 21.7 Å². The molecule has 94 valence electrons. The lowest BCUT2D eigenvalue weighted by Crippen LogP contribution is -2.28. The lowest BCUT2D eigenvalue weighted by Gasteiger charge is -2.26. The number of nitrogens with one attached hydrogen (secondary N) is 2. The van der Waals surface area contributed by atoms with Crippen LogP contribution in [0.15, 0.2) is 18.0 Å². The normalized spacial score (nSPS) is 26.6. The highest BCUT2D eigenvalue weighted by atomic mass is 15.2. The summed E-state index contributed by atoms with van der Waals surface area (Å²) in [5.74, 6) is 2.39. The lowest BCUT2D eigenvalue weighted by atomic mass is 9.83. The van der Waals surface area contributed by atoms with Crippen molar-refractivity contribution >= 4 is 0 Å². The summed E-state index contributed by atoms with van der Waals surface area (Å²) in [5.41, 5.74) is 1.53. The number of H-pyrrole nitrogens is 1. The molecule has 2 rings (SSSR count). The van der Waals surface area contributed by atoms with Gasteiger partial charge in [-0.25, -0.2) is 4.98 Å². The summed E-state index contributed by atoms with van der Waals surface area (Å²) in [5, 5.41) is 10.3. The van der Waals surface area contributed by atoms with Gasteiger partial charge in [-0.3, -0.25) is 5.10 Å². The molecular formula is C13H22N4. The minimum atomic E-state index is 0.249. The molecular weight excluding hydrogens is 212 g/mol. The van der Waals surface area contributed by atoms with Crippen molar-refractivity contribution in [3.05, 3.63) is 23.8 Å². The molecule has 4 heteroatoms. The predicted molar refractivity (Wildman–Crippen MR) is 68.4 cm³/mol. The molecule has 1 aliphatic carbocycles. The van der Waals surface area contributed by atoms with Gasteiger partial charge in [0.25, 0.3) is 0 Å². The van der Waals surface area contributed by atoms with Crippen LogP contribution >= 0.6 is 0 Å². The van der Waals surface area contributed by atoms with Gasteiger partial charge < -0.3 is 5.32 Å². The van der Waals surface area contributed by atoms with Crippen LogP contribution in [0.5, 0.6) is 0 Å². The molecule has 0 spiro atoms. The minimum Gasteiger partial charge on any atom is -0.307 e. The van der Waals surface area contributed by atoms with E-state index in [0.717, 1.165) is 24.2 Å². The van der Waals surface area contributed by atoms with Crippen molar-refractivity contribution in [2.24, 2.45) is 11.8 Å². The second-order valence-corrected chi connectivity index (χ2v) is 5.30. The number of hydrogen-bond donors (Lipinski definition) is 2. The monoisotopic (exact) mass is 234 g/mol. The van der Waals surface area contributed by atoms with Gasteiger partial charge in [-0.05, 0) is 45.1 Å². The summed E-state index contributed by atoms with van der Waals surface area (Å²) in [4.78, 5) is 4.17. The van der Waals surface area contributed by atoms with Crippen molar-refractivity contribution in [1.82, 2.24) is 20.5 Å². The van der Waals surface area contributed by atoms with Gasteiger partial charge in [-0.2, -0.15) is 5.10 Å². The molecule has 0 radical (unpaired) electrons. The van der Waals surface area contributed by atoms with Crippen molar-refractivity contribution in [1.29, 1.82) is 0 Å². The smallest absolute Gasteiger partial charge is 0.141 e. The molecule has 0 saturated heterocycles. The summed E-state index contributed by atoms with van der Waals surface area (Å²) in [6.07, 6.45) is 6.47. The fourth-order valence-corrected chi connectivity index (χ4v) is 2.71. The Morgan fingerprint density at radius 2 is 2.41 bits per heavy atom. The Morgan fingerprint density at radius 1 is 1.59 bits per heavy atom. The fraction of sp³-hybridized carbons (Fsp3) is 0.692. The number of aromatic amines is 1. The maximum absolute atomic E-state index is 4.17. The molecule has 0 aliphatic heterocycles. The highest BCUT2D eigenvalue weighted by Gasteiger charge is 2.19. The van der Waals surface area contributed by atoms with Gasteiger partial charge in [0.1, 0.15) is 12.2 Å². The van der Waals surface area contributed by atoms with Crippen molar-refractivity contribution in [2.75, 3.05) is 6.54 Å². The molecule has 3 atom stereocenters.